The number of aliphatic hydroxyl groups excluding tert-OH is 1. The van der Waals surface area contributed by atoms with Crippen molar-refractivity contribution < 1.29 is 5.11 Å². The van der Waals surface area contributed by atoms with Crippen LogP contribution in [0, 0.1) is 5.41 Å². The van der Waals surface area contributed by atoms with Crippen LogP contribution in [0.2, 0.25) is 0 Å². The molecule has 0 bridgehead atoms. The summed E-state index contributed by atoms with van der Waals surface area (Å²) in [5.74, 6) is 1.79. The van der Waals surface area contributed by atoms with E-state index in [2.05, 4.69) is 28.6 Å². The third-order valence-corrected chi connectivity index (χ3v) is 5.23. The second-order valence-corrected chi connectivity index (χ2v) is 7.46. The second kappa shape index (κ2) is 12.4. The fourth-order valence-electron chi connectivity index (χ4n) is 3.79. The number of hydrogen-bond donors (Lipinski definition) is 3. The normalized spacial score (nSPS) is 16.4. The van der Waals surface area contributed by atoms with Crippen molar-refractivity contribution in [3.05, 3.63) is 23.9 Å². The summed E-state index contributed by atoms with van der Waals surface area (Å²) in [5.41, 5.74) is 1.31. The Balaban J connectivity index is 0.00000364. The SMILES string of the molecule is CCNC(=NCc1cccnc1N(C)C)NCC1(CCO)CCCCC1.I. The number of hydrogen-bond acceptors (Lipinski definition) is 4. The highest BCUT2D eigenvalue weighted by molar-refractivity contribution is 14.0. The minimum Gasteiger partial charge on any atom is -0.396 e. The number of aliphatic imine (C=N–C) groups is 1. The highest BCUT2D eigenvalue weighted by Crippen LogP contribution is 2.38. The van der Waals surface area contributed by atoms with Gasteiger partial charge in [-0.3, -0.25) is 0 Å². The zero-order valence-electron chi connectivity index (χ0n) is 17.0. The molecule has 0 radical (unpaired) electrons. The third-order valence-electron chi connectivity index (χ3n) is 5.23. The predicted octanol–water partition coefficient (Wildman–Crippen LogP) is 3.15. The Morgan fingerprint density at radius 1 is 1.26 bits per heavy atom. The Morgan fingerprint density at radius 2 is 2.00 bits per heavy atom. The van der Waals surface area contributed by atoms with Crippen molar-refractivity contribution in [1.82, 2.24) is 15.6 Å². The third kappa shape index (κ3) is 7.44. The molecule has 7 heteroatoms. The van der Waals surface area contributed by atoms with Gasteiger partial charge >= 0.3 is 0 Å². The average Bonchev–Trinajstić information content (AvgIpc) is 2.65. The minimum absolute atomic E-state index is 0. The van der Waals surface area contributed by atoms with Crippen LogP contribution in [0.3, 0.4) is 0 Å². The molecule has 0 aromatic carbocycles. The van der Waals surface area contributed by atoms with Crippen molar-refractivity contribution >= 4 is 35.8 Å². The fraction of sp³-hybridized carbons (Fsp3) is 0.700. The largest absolute Gasteiger partial charge is 0.396 e. The molecule has 0 spiro atoms. The zero-order valence-corrected chi connectivity index (χ0v) is 19.3. The lowest BCUT2D eigenvalue weighted by atomic mass is 9.72. The number of pyridine rings is 1. The first-order valence-electron chi connectivity index (χ1n) is 9.84. The molecule has 0 saturated heterocycles. The minimum atomic E-state index is 0. The van der Waals surface area contributed by atoms with Gasteiger partial charge in [-0.25, -0.2) is 9.98 Å². The van der Waals surface area contributed by atoms with Crippen molar-refractivity contribution in [2.24, 2.45) is 10.4 Å². The van der Waals surface area contributed by atoms with E-state index < -0.39 is 0 Å². The van der Waals surface area contributed by atoms with Gasteiger partial charge in [0.15, 0.2) is 5.96 Å². The lowest BCUT2D eigenvalue weighted by Crippen LogP contribution is -2.45. The molecule has 154 valence electrons. The van der Waals surface area contributed by atoms with Gasteiger partial charge in [-0.2, -0.15) is 0 Å². The van der Waals surface area contributed by atoms with E-state index in [4.69, 9.17) is 4.99 Å². The van der Waals surface area contributed by atoms with Gasteiger partial charge in [0.25, 0.3) is 0 Å². The number of anilines is 1. The molecular formula is C20H36IN5O. The maximum atomic E-state index is 9.50. The predicted molar refractivity (Wildman–Crippen MR) is 124 cm³/mol. The van der Waals surface area contributed by atoms with Crippen LogP contribution < -0.4 is 15.5 Å². The Labute approximate surface area is 181 Å². The standard InChI is InChI=1S/C20H35N5O.HI/c1-4-21-19(23-15-17-9-8-13-22-18(17)25(2)3)24-16-20(12-14-26)10-6-5-7-11-20;/h8-9,13,26H,4-7,10-12,14-16H2,1-3H3,(H2,21,23,24);1H. The van der Waals surface area contributed by atoms with E-state index >= 15 is 0 Å². The monoisotopic (exact) mass is 489 g/mol. The van der Waals surface area contributed by atoms with Crippen LogP contribution in [0.1, 0.15) is 51.0 Å². The lowest BCUT2D eigenvalue weighted by molar-refractivity contribution is 0.131. The van der Waals surface area contributed by atoms with Gasteiger partial charge in [-0.1, -0.05) is 25.3 Å². The molecule has 1 fully saturated rings. The van der Waals surface area contributed by atoms with Gasteiger partial charge in [0.1, 0.15) is 5.82 Å². The first kappa shape index (κ1) is 23.9. The molecular weight excluding hydrogens is 453 g/mol. The van der Waals surface area contributed by atoms with Gasteiger partial charge in [0.05, 0.1) is 6.54 Å². The first-order chi connectivity index (χ1) is 12.6. The average molecular weight is 489 g/mol. The topological polar surface area (TPSA) is 72.8 Å². The number of nitrogens with one attached hydrogen (secondary N) is 2. The zero-order chi connectivity index (χ0) is 18.8. The molecule has 0 unspecified atom stereocenters. The summed E-state index contributed by atoms with van der Waals surface area (Å²) < 4.78 is 0. The van der Waals surface area contributed by atoms with E-state index in [1.165, 1.54) is 32.1 Å². The lowest BCUT2D eigenvalue weighted by Gasteiger charge is -2.37. The molecule has 0 amide bonds. The van der Waals surface area contributed by atoms with Gasteiger partial charge in [-0.15, -0.1) is 24.0 Å². The number of aliphatic hydroxyl groups is 1. The highest BCUT2D eigenvalue weighted by Gasteiger charge is 2.31. The molecule has 2 rings (SSSR count). The van der Waals surface area contributed by atoms with E-state index in [1.54, 1.807) is 0 Å². The van der Waals surface area contributed by atoms with E-state index in [0.29, 0.717) is 6.54 Å². The van der Waals surface area contributed by atoms with Crippen molar-refractivity contribution in [1.29, 1.82) is 0 Å². The Kier molecular flexibility index (Phi) is 11.0. The molecule has 6 nitrogen and oxygen atoms in total. The molecule has 27 heavy (non-hydrogen) atoms. The van der Waals surface area contributed by atoms with Gasteiger partial charge in [0, 0.05) is 45.6 Å². The van der Waals surface area contributed by atoms with Gasteiger partial charge in [-0.05, 0) is 37.7 Å². The summed E-state index contributed by atoms with van der Waals surface area (Å²) in [7, 11) is 4.00. The maximum absolute atomic E-state index is 9.50. The number of halogens is 1. The van der Waals surface area contributed by atoms with Crippen molar-refractivity contribution in [3.63, 3.8) is 0 Å². The molecule has 1 heterocycles. The van der Waals surface area contributed by atoms with Crippen LogP contribution in [-0.2, 0) is 6.54 Å². The molecule has 3 N–H and O–H groups in total. The summed E-state index contributed by atoms with van der Waals surface area (Å²) >= 11 is 0. The Hall–Kier alpha value is -1.09. The van der Waals surface area contributed by atoms with E-state index in [-0.39, 0.29) is 36.0 Å². The van der Waals surface area contributed by atoms with Crippen LogP contribution in [0.5, 0.6) is 0 Å². The van der Waals surface area contributed by atoms with Crippen LogP contribution in [-0.4, -0.2) is 49.8 Å². The van der Waals surface area contributed by atoms with Gasteiger partial charge < -0.3 is 20.6 Å². The number of rotatable bonds is 8. The number of guanidine groups is 1. The van der Waals surface area contributed by atoms with Gasteiger partial charge in [0.2, 0.25) is 0 Å². The Bertz CT molecular complexity index is 568. The molecule has 1 aromatic rings. The van der Waals surface area contributed by atoms with Crippen LogP contribution >= 0.6 is 24.0 Å². The summed E-state index contributed by atoms with van der Waals surface area (Å²) in [5, 5.41) is 16.4. The quantitative estimate of drug-likeness (QED) is 0.297. The van der Waals surface area contributed by atoms with Crippen LogP contribution in [0.4, 0.5) is 5.82 Å². The smallest absolute Gasteiger partial charge is 0.191 e. The molecule has 0 atom stereocenters. The summed E-state index contributed by atoms with van der Waals surface area (Å²) in [4.78, 5) is 11.2. The van der Waals surface area contributed by atoms with E-state index in [9.17, 15) is 5.11 Å². The van der Waals surface area contributed by atoms with E-state index in [1.807, 2.05) is 31.3 Å². The Morgan fingerprint density at radius 3 is 2.63 bits per heavy atom. The highest BCUT2D eigenvalue weighted by atomic mass is 127. The molecule has 1 aliphatic rings. The maximum Gasteiger partial charge on any atom is 0.191 e. The summed E-state index contributed by atoms with van der Waals surface area (Å²) in [6.07, 6.45) is 8.89. The molecule has 0 aliphatic heterocycles. The fourth-order valence-corrected chi connectivity index (χ4v) is 3.79. The first-order valence-corrected chi connectivity index (χ1v) is 9.84. The number of aromatic nitrogens is 1. The second-order valence-electron chi connectivity index (χ2n) is 7.46. The molecule has 1 aromatic heterocycles. The van der Waals surface area contributed by atoms with Crippen molar-refractivity contribution in [2.45, 2.75) is 52.0 Å². The van der Waals surface area contributed by atoms with Crippen LogP contribution in [0.25, 0.3) is 0 Å². The van der Waals surface area contributed by atoms with E-state index in [0.717, 1.165) is 36.9 Å². The number of nitrogens with zero attached hydrogens (tertiary/aromatic N) is 3. The molecule has 1 saturated carbocycles. The van der Waals surface area contributed by atoms with Crippen molar-refractivity contribution in [2.75, 3.05) is 38.7 Å². The van der Waals surface area contributed by atoms with Crippen LogP contribution in [0.15, 0.2) is 23.3 Å². The summed E-state index contributed by atoms with van der Waals surface area (Å²) in [6.45, 7) is 4.62. The summed E-state index contributed by atoms with van der Waals surface area (Å²) in [6, 6.07) is 4.03. The molecule has 1 aliphatic carbocycles. The van der Waals surface area contributed by atoms with Crippen molar-refractivity contribution in [3.8, 4) is 0 Å².